The van der Waals surface area contributed by atoms with Crippen LogP contribution in [0.4, 0.5) is 17.1 Å². The lowest BCUT2D eigenvalue weighted by molar-refractivity contribution is 0.239. The molecule has 7 aromatic rings. The molecule has 7 aromatic carbocycles. The number of benzene rings is 7. The van der Waals surface area contributed by atoms with Crippen molar-refractivity contribution in [1.82, 2.24) is 0 Å². The van der Waals surface area contributed by atoms with Crippen LogP contribution in [-0.2, 0) is 16.2 Å². The average Bonchev–Trinajstić information content (AvgIpc) is 3.68. The second kappa shape index (κ2) is 13.7. The molecule has 0 heterocycles. The van der Waals surface area contributed by atoms with E-state index in [1.807, 2.05) is 0 Å². The van der Waals surface area contributed by atoms with Gasteiger partial charge in [0.1, 0.15) is 0 Å². The van der Waals surface area contributed by atoms with Crippen molar-refractivity contribution in [2.75, 3.05) is 4.90 Å². The average molecular weight is 766 g/mol. The molecular formula is C58H55N. The highest BCUT2D eigenvalue weighted by atomic mass is 15.1. The topological polar surface area (TPSA) is 3.24 Å². The van der Waals surface area contributed by atoms with E-state index in [9.17, 15) is 0 Å². The molecule has 1 nitrogen and oxygen atoms in total. The van der Waals surface area contributed by atoms with Crippen LogP contribution in [0.2, 0.25) is 0 Å². The summed E-state index contributed by atoms with van der Waals surface area (Å²) in [6.07, 6.45) is 6.74. The fraction of sp³-hybridized carbons (Fsp3) is 0.276. The van der Waals surface area contributed by atoms with Crippen LogP contribution >= 0.6 is 0 Å². The highest BCUT2D eigenvalue weighted by Crippen LogP contribution is 2.61. The van der Waals surface area contributed by atoms with Gasteiger partial charge in [0.15, 0.2) is 0 Å². The molecule has 0 amide bonds. The summed E-state index contributed by atoms with van der Waals surface area (Å²) in [5, 5.41) is 0. The van der Waals surface area contributed by atoms with E-state index < -0.39 is 5.41 Å². The molecule has 11 rings (SSSR count). The van der Waals surface area contributed by atoms with Gasteiger partial charge in [-0.1, -0.05) is 167 Å². The maximum atomic E-state index is 2.62. The first kappa shape index (κ1) is 36.4. The van der Waals surface area contributed by atoms with Gasteiger partial charge in [-0.05, 0) is 148 Å². The Morgan fingerprint density at radius 2 is 1.00 bits per heavy atom. The first-order chi connectivity index (χ1) is 28.8. The Bertz CT molecular complexity index is 2640. The number of fused-ring (bicyclic) bond motifs is 7. The van der Waals surface area contributed by atoms with E-state index in [4.69, 9.17) is 0 Å². The summed E-state index contributed by atoms with van der Waals surface area (Å²) in [6, 6.07) is 67.1. The Hall–Kier alpha value is -5.66. The zero-order chi connectivity index (χ0) is 39.9. The maximum absolute atomic E-state index is 2.62. The van der Waals surface area contributed by atoms with Gasteiger partial charge in [0.25, 0.3) is 0 Å². The minimum absolute atomic E-state index is 0.0930. The van der Waals surface area contributed by atoms with Crippen LogP contribution in [-0.4, -0.2) is 0 Å². The van der Waals surface area contributed by atoms with Crippen molar-refractivity contribution < 1.29 is 0 Å². The number of nitrogens with zero attached hydrogens (tertiary/aromatic N) is 1. The summed E-state index contributed by atoms with van der Waals surface area (Å²) in [5.41, 5.74) is 16.8. The third-order valence-electron chi connectivity index (χ3n) is 15.5. The predicted molar refractivity (Wildman–Crippen MR) is 246 cm³/mol. The zero-order valence-electron chi connectivity index (χ0n) is 35.0. The minimum Gasteiger partial charge on any atom is -0.310 e. The largest absolute Gasteiger partial charge is 0.310 e. The van der Waals surface area contributed by atoms with Gasteiger partial charge in [-0.2, -0.15) is 0 Å². The highest BCUT2D eigenvalue weighted by molar-refractivity contribution is 5.86. The summed E-state index contributed by atoms with van der Waals surface area (Å²) in [4.78, 5) is 2.53. The normalized spacial score (nSPS) is 24.1. The molecule has 2 saturated carbocycles. The van der Waals surface area contributed by atoms with Gasteiger partial charge < -0.3 is 4.90 Å². The Kier molecular flexibility index (Phi) is 8.46. The number of hydrogen-bond donors (Lipinski definition) is 0. The van der Waals surface area contributed by atoms with Gasteiger partial charge in [0.05, 0.1) is 5.41 Å². The monoisotopic (exact) mass is 765 g/mol. The molecule has 2 unspecified atom stereocenters. The van der Waals surface area contributed by atoms with Crippen LogP contribution in [0.3, 0.4) is 0 Å². The van der Waals surface area contributed by atoms with Crippen LogP contribution in [0, 0.1) is 23.7 Å². The quantitative estimate of drug-likeness (QED) is 0.156. The number of para-hydroxylation sites is 1. The van der Waals surface area contributed by atoms with E-state index in [0.717, 1.165) is 17.8 Å². The smallest absolute Gasteiger partial charge is 0.0707 e. The molecule has 1 heteroatoms. The van der Waals surface area contributed by atoms with Crippen molar-refractivity contribution in [2.45, 2.75) is 76.0 Å². The van der Waals surface area contributed by atoms with Crippen LogP contribution in [0.25, 0.3) is 11.1 Å². The molecule has 0 aliphatic heterocycles. The zero-order valence-corrected chi connectivity index (χ0v) is 35.0. The molecule has 292 valence electrons. The first-order valence-electron chi connectivity index (χ1n) is 22.2. The van der Waals surface area contributed by atoms with Crippen molar-refractivity contribution in [3.05, 3.63) is 220 Å². The summed E-state index contributed by atoms with van der Waals surface area (Å²) in [7, 11) is 0. The number of anilines is 3. The fourth-order valence-corrected chi connectivity index (χ4v) is 13.1. The van der Waals surface area contributed by atoms with Gasteiger partial charge in [-0.25, -0.2) is 0 Å². The third kappa shape index (κ3) is 5.50. The second-order valence-electron chi connectivity index (χ2n) is 19.3. The molecule has 0 radical (unpaired) electrons. The van der Waals surface area contributed by atoms with E-state index in [2.05, 4.69) is 209 Å². The summed E-state index contributed by atoms with van der Waals surface area (Å²) < 4.78 is 0. The lowest BCUT2D eigenvalue weighted by atomic mass is 9.52. The number of hydrogen-bond acceptors (Lipinski definition) is 1. The van der Waals surface area contributed by atoms with Crippen molar-refractivity contribution in [3.63, 3.8) is 0 Å². The molecule has 0 saturated heterocycles. The molecule has 0 N–H and O–H groups in total. The highest BCUT2D eigenvalue weighted by Gasteiger charge is 2.53. The molecule has 2 bridgehead atoms. The predicted octanol–water partition coefficient (Wildman–Crippen LogP) is 14.9. The minimum atomic E-state index is -0.479. The summed E-state index contributed by atoms with van der Waals surface area (Å²) in [5.74, 6) is 3.24. The van der Waals surface area contributed by atoms with Crippen LogP contribution < -0.4 is 4.90 Å². The Morgan fingerprint density at radius 3 is 1.69 bits per heavy atom. The standard InChI is InChI=1S/C58H55N/c1-39-32-40-34-41(33-39)42(35-40)38-57(4)51-26-16-17-27-52(51)58(43-18-8-5-9-19-43,44-20-10-6-11-21-44)53-31-29-47(37-55(53)57)59(45-22-12-7-13-23-45)46-28-30-49-48-24-14-15-25-50(48)56(2,3)54(49)36-46/h5-31,36-37,39-42H,32-35,38H2,1-4H3/t39?,40-,41+,42?,57-/m1/s1. The van der Waals surface area contributed by atoms with Gasteiger partial charge >= 0.3 is 0 Å². The van der Waals surface area contributed by atoms with E-state index in [0.29, 0.717) is 5.92 Å². The van der Waals surface area contributed by atoms with Gasteiger partial charge in [0, 0.05) is 27.9 Å². The Morgan fingerprint density at radius 1 is 0.458 bits per heavy atom. The summed E-state index contributed by atoms with van der Waals surface area (Å²) >= 11 is 0. The maximum Gasteiger partial charge on any atom is 0.0707 e. The van der Waals surface area contributed by atoms with E-state index >= 15 is 0 Å². The van der Waals surface area contributed by atoms with Crippen molar-refractivity contribution in [1.29, 1.82) is 0 Å². The first-order valence-corrected chi connectivity index (χ1v) is 22.2. The van der Waals surface area contributed by atoms with Gasteiger partial charge in [-0.15, -0.1) is 0 Å². The van der Waals surface area contributed by atoms with Crippen molar-refractivity contribution in [2.24, 2.45) is 23.7 Å². The van der Waals surface area contributed by atoms with E-state index in [1.54, 1.807) is 0 Å². The molecule has 4 aliphatic rings. The molecular weight excluding hydrogens is 711 g/mol. The molecule has 0 spiro atoms. The Balaban J connectivity index is 1.17. The lowest BCUT2D eigenvalue weighted by Gasteiger charge is -2.50. The fourth-order valence-electron chi connectivity index (χ4n) is 13.1. The number of rotatable bonds is 7. The molecule has 59 heavy (non-hydrogen) atoms. The molecule has 4 aliphatic carbocycles. The molecule has 2 fully saturated rings. The van der Waals surface area contributed by atoms with Crippen LogP contribution in [0.5, 0.6) is 0 Å². The SMILES string of the molecule is CC1C[C@H]2CC(C[C@]3(C)c4ccccc4C(c4ccccc4)(c4ccccc4)c4ccc(N(c5ccccc5)c5ccc6c(c5)C(C)(C)c5ccccc5-6)cc43)[C@@H](C1)C2. The van der Waals surface area contributed by atoms with Crippen molar-refractivity contribution in [3.8, 4) is 11.1 Å². The van der Waals surface area contributed by atoms with Crippen LogP contribution in [0.1, 0.15) is 104 Å². The van der Waals surface area contributed by atoms with Gasteiger partial charge in [-0.3, -0.25) is 0 Å². The van der Waals surface area contributed by atoms with Crippen molar-refractivity contribution >= 4 is 17.1 Å². The summed E-state index contributed by atoms with van der Waals surface area (Å²) in [6.45, 7) is 9.90. The Labute approximate surface area is 351 Å². The molecule has 5 atom stereocenters. The lowest BCUT2D eigenvalue weighted by Crippen LogP contribution is -2.44. The molecule has 0 aromatic heterocycles. The van der Waals surface area contributed by atoms with E-state index in [-0.39, 0.29) is 10.8 Å². The third-order valence-corrected chi connectivity index (χ3v) is 15.5. The van der Waals surface area contributed by atoms with Gasteiger partial charge in [0.2, 0.25) is 0 Å². The second-order valence-corrected chi connectivity index (χ2v) is 19.3. The van der Waals surface area contributed by atoms with E-state index in [1.165, 1.54) is 105 Å². The van der Waals surface area contributed by atoms with Crippen LogP contribution in [0.15, 0.2) is 176 Å².